The second-order valence-corrected chi connectivity index (χ2v) is 6.74. The Morgan fingerprint density at radius 3 is 2.48 bits per heavy atom. The zero-order valence-corrected chi connectivity index (χ0v) is 16.1. The van der Waals surface area contributed by atoms with Gasteiger partial charge in [-0.25, -0.2) is 0 Å². The van der Waals surface area contributed by atoms with Crippen molar-refractivity contribution in [2.75, 3.05) is 32.1 Å². The molecular formula is C23H26N2O2. The third-order valence-electron chi connectivity index (χ3n) is 4.91. The standard InChI is InChI=1S/C23H26N2O2/c1-17(18-9-10-20-16-22(27-3)12-11-19(20)15-18)23(26)24-13-14-25(2)21-7-5-4-6-8-21/h4-12,15-17H,13-14H2,1-3H3,(H,24,26)/t17-/m1/s1. The largest absolute Gasteiger partial charge is 0.497 e. The highest BCUT2D eigenvalue weighted by Gasteiger charge is 2.15. The maximum absolute atomic E-state index is 12.5. The second-order valence-electron chi connectivity index (χ2n) is 6.74. The van der Waals surface area contributed by atoms with Crippen molar-refractivity contribution < 1.29 is 9.53 Å². The molecule has 0 fully saturated rings. The van der Waals surface area contributed by atoms with Crippen LogP contribution in [-0.4, -0.2) is 33.2 Å². The summed E-state index contributed by atoms with van der Waals surface area (Å²) in [5.74, 6) is 0.687. The topological polar surface area (TPSA) is 41.6 Å². The Kier molecular flexibility index (Phi) is 5.97. The number of carbonyl (C=O) groups excluding carboxylic acids is 1. The lowest BCUT2D eigenvalue weighted by Crippen LogP contribution is -2.35. The fraction of sp³-hybridized carbons (Fsp3) is 0.261. The molecule has 4 nitrogen and oxygen atoms in total. The number of nitrogens with one attached hydrogen (secondary N) is 1. The SMILES string of the molecule is COc1ccc2cc([C@@H](C)C(=O)NCCN(C)c3ccccc3)ccc2c1. The van der Waals surface area contributed by atoms with E-state index in [2.05, 4.69) is 28.4 Å². The van der Waals surface area contributed by atoms with Crippen molar-refractivity contribution in [1.82, 2.24) is 5.32 Å². The van der Waals surface area contributed by atoms with Crippen LogP contribution in [0.1, 0.15) is 18.4 Å². The third-order valence-corrected chi connectivity index (χ3v) is 4.91. The number of benzene rings is 3. The smallest absolute Gasteiger partial charge is 0.227 e. The molecule has 0 heterocycles. The number of para-hydroxylation sites is 1. The molecule has 0 saturated heterocycles. The van der Waals surface area contributed by atoms with Gasteiger partial charge in [-0.2, -0.15) is 0 Å². The number of anilines is 1. The van der Waals surface area contributed by atoms with Crippen LogP contribution < -0.4 is 15.0 Å². The molecule has 1 N–H and O–H groups in total. The number of likely N-dealkylation sites (N-methyl/N-ethyl adjacent to an activating group) is 1. The number of ether oxygens (including phenoxy) is 1. The molecule has 3 aromatic rings. The van der Waals surface area contributed by atoms with Crippen LogP contribution in [0.15, 0.2) is 66.7 Å². The number of amides is 1. The minimum Gasteiger partial charge on any atom is -0.497 e. The van der Waals surface area contributed by atoms with E-state index in [1.807, 2.05) is 62.5 Å². The quantitative estimate of drug-likeness (QED) is 0.685. The number of carbonyl (C=O) groups is 1. The molecule has 140 valence electrons. The zero-order valence-electron chi connectivity index (χ0n) is 16.1. The Morgan fingerprint density at radius 1 is 1.04 bits per heavy atom. The monoisotopic (exact) mass is 362 g/mol. The van der Waals surface area contributed by atoms with Crippen molar-refractivity contribution in [3.8, 4) is 5.75 Å². The van der Waals surface area contributed by atoms with Gasteiger partial charge in [-0.3, -0.25) is 4.79 Å². The molecule has 0 aliphatic heterocycles. The van der Waals surface area contributed by atoms with Crippen molar-refractivity contribution >= 4 is 22.4 Å². The molecule has 4 heteroatoms. The van der Waals surface area contributed by atoms with Gasteiger partial charge in [0.15, 0.2) is 0 Å². The Morgan fingerprint density at radius 2 is 1.74 bits per heavy atom. The summed E-state index contributed by atoms with van der Waals surface area (Å²) in [6.07, 6.45) is 0. The van der Waals surface area contributed by atoms with Gasteiger partial charge in [0, 0.05) is 25.8 Å². The summed E-state index contributed by atoms with van der Waals surface area (Å²) in [6, 6.07) is 22.3. The molecule has 0 unspecified atom stereocenters. The van der Waals surface area contributed by atoms with E-state index < -0.39 is 0 Å². The van der Waals surface area contributed by atoms with Crippen LogP contribution in [0.25, 0.3) is 10.8 Å². The minimum absolute atomic E-state index is 0.0457. The average Bonchev–Trinajstić information content (AvgIpc) is 2.72. The van der Waals surface area contributed by atoms with Gasteiger partial charge in [-0.05, 0) is 47.5 Å². The molecular weight excluding hydrogens is 336 g/mol. The van der Waals surface area contributed by atoms with E-state index in [9.17, 15) is 4.79 Å². The maximum Gasteiger partial charge on any atom is 0.227 e. The van der Waals surface area contributed by atoms with Gasteiger partial charge in [-0.15, -0.1) is 0 Å². The van der Waals surface area contributed by atoms with E-state index in [4.69, 9.17) is 4.74 Å². The van der Waals surface area contributed by atoms with Crippen molar-refractivity contribution in [2.24, 2.45) is 0 Å². The van der Waals surface area contributed by atoms with Gasteiger partial charge >= 0.3 is 0 Å². The van der Waals surface area contributed by atoms with Gasteiger partial charge in [0.1, 0.15) is 5.75 Å². The molecule has 0 bridgehead atoms. The van der Waals surface area contributed by atoms with Crippen molar-refractivity contribution in [3.05, 3.63) is 72.3 Å². The fourth-order valence-electron chi connectivity index (χ4n) is 3.10. The maximum atomic E-state index is 12.5. The predicted molar refractivity (Wildman–Crippen MR) is 112 cm³/mol. The van der Waals surface area contributed by atoms with Crippen molar-refractivity contribution in [2.45, 2.75) is 12.8 Å². The van der Waals surface area contributed by atoms with Gasteiger partial charge < -0.3 is 15.0 Å². The first-order valence-corrected chi connectivity index (χ1v) is 9.20. The van der Waals surface area contributed by atoms with Crippen molar-refractivity contribution in [1.29, 1.82) is 0 Å². The van der Waals surface area contributed by atoms with E-state index in [-0.39, 0.29) is 11.8 Å². The summed E-state index contributed by atoms with van der Waals surface area (Å²) in [7, 11) is 3.69. The summed E-state index contributed by atoms with van der Waals surface area (Å²) >= 11 is 0. The summed E-state index contributed by atoms with van der Waals surface area (Å²) in [6.45, 7) is 3.32. The minimum atomic E-state index is -0.196. The average molecular weight is 362 g/mol. The molecule has 0 spiro atoms. The van der Waals surface area contributed by atoms with Gasteiger partial charge in [-0.1, -0.05) is 42.5 Å². The summed E-state index contributed by atoms with van der Waals surface area (Å²) in [5.41, 5.74) is 2.16. The van der Waals surface area contributed by atoms with Crippen LogP contribution in [0.4, 0.5) is 5.69 Å². The fourth-order valence-corrected chi connectivity index (χ4v) is 3.10. The molecule has 1 amide bonds. The van der Waals surface area contributed by atoms with Crippen LogP contribution in [0, 0.1) is 0 Å². The lowest BCUT2D eigenvalue weighted by molar-refractivity contribution is -0.122. The van der Waals surface area contributed by atoms with Crippen LogP contribution >= 0.6 is 0 Å². The molecule has 0 aliphatic carbocycles. The molecule has 0 aliphatic rings. The number of rotatable bonds is 7. The number of hydrogen-bond donors (Lipinski definition) is 1. The lowest BCUT2D eigenvalue weighted by Gasteiger charge is -2.20. The zero-order chi connectivity index (χ0) is 19.2. The number of hydrogen-bond acceptors (Lipinski definition) is 3. The second kappa shape index (κ2) is 8.58. The van der Waals surface area contributed by atoms with Crippen LogP contribution in [-0.2, 0) is 4.79 Å². The van der Waals surface area contributed by atoms with Crippen molar-refractivity contribution in [3.63, 3.8) is 0 Å². The van der Waals surface area contributed by atoms with E-state index in [0.29, 0.717) is 6.54 Å². The Labute approximate surface area is 160 Å². The van der Waals surface area contributed by atoms with E-state index in [1.54, 1.807) is 7.11 Å². The predicted octanol–water partition coefficient (Wildman–Crippen LogP) is 4.20. The molecule has 0 aromatic heterocycles. The van der Waals surface area contributed by atoms with Gasteiger partial charge in [0.25, 0.3) is 0 Å². The highest BCUT2D eigenvalue weighted by molar-refractivity contribution is 5.88. The molecule has 0 saturated carbocycles. The van der Waals surface area contributed by atoms with E-state index in [0.717, 1.165) is 34.3 Å². The summed E-state index contributed by atoms with van der Waals surface area (Å²) in [4.78, 5) is 14.7. The number of methoxy groups -OCH3 is 1. The number of fused-ring (bicyclic) bond motifs is 1. The highest BCUT2D eigenvalue weighted by atomic mass is 16.5. The Bertz CT molecular complexity index is 909. The van der Waals surface area contributed by atoms with Crippen LogP contribution in [0.5, 0.6) is 5.75 Å². The highest BCUT2D eigenvalue weighted by Crippen LogP contribution is 2.25. The number of nitrogens with zero attached hydrogens (tertiary/aromatic N) is 1. The normalized spacial score (nSPS) is 11.8. The Hall–Kier alpha value is -3.01. The van der Waals surface area contributed by atoms with Gasteiger partial charge in [0.2, 0.25) is 5.91 Å². The molecule has 3 rings (SSSR count). The summed E-state index contributed by atoms with van der Waals surface area (Å²) < 4.78 is 5.27. The van der Waals surface area contributed by atoms with Crippen LogP contribution in [0.2, 0.25) is 0 Å². The first kappa shape index (κ1) is 18.8. The first-order valence-electron chi connectivity index (χ1n) is 9.20. The van der Waals surface area contributed by atoms with Crippen LogP contribution in [0.3, 0.4) is 0 Å². The van der Waals surface area contributed by atoms with E-state index in [1.165, 1.54) is 0 Å². The molecule has 1 atom stereocenters. The molecule has 27 heavy (non-hydrogen) atoms. The van der Waals surface area contributed by atoms with E-state index >= 15 is 0 Å². The Balaban J connectivity index is 1.59. The third kappa shape index (κ3) is 4.59. The van der Waals surface area contributed by atoms with Gasteiger partial charge in [0.05, 0.1) is 13.0 Å². The first-order chi connectivity index (χ1) is 13.1. The molecule has 0 radical (unpaired) electrons. The summed E-state index contributed by atoms with van der Waals surface area (Å²) in [5, 5.41) is 5.26. The lowest BCUT2D eigenvalue weighted by atomic mass is 9.97. The molecule has 3 aromatic carbocycles.